The molecule has 1 aromatic carbocycles. The third kappa shape index (κ3) is 5.36. The van der Waals surface area contributed by atoms with Crippen LogP contribution in [-0.2, 0) is 6.42 Å². The Morgan fingerprint density at radius 2 is 2.17 bits per heavy atom. The first-order chi connectivity index (χ1) is 11.3. The summed E-state index contributed by atoms with van der Waals surface area (Å²) in [5, 5.41) is 4.90. The van der Waals surface area contributed by atoms with Crippen molar-refractivity contribution in [2.45, 2.75) is 12.6 Å². The van der Waals surface area contributed by atoms with E-state index in [0.717, 1.165) is 0 Å². The van der Waals surface area contributed by atoms with Crippen LogP contribution in [0, 0.1) is 0 Å². The summed E-state index contributed by atoms with van der Waals surface area (Å²) >= 11 is 7.04. The molecule has 2 rings (SSSR count). The minimum Gasteiger partial charge on any atom is -0.482 e. The van der Waals surface area contributed by atoms with Gasteiger partial charge in [0.15, 0.2) is 6.61 Å². The number of nitrogens with zero attached hydrogens (tertiary/aromatic N) is 1. The largest absolute Gasteiger partial charge is 0.482 e. The lowest BCUT2D eigenvalue weighted by molar-refractivity contribution is -0.153. The molecule has 130 valence electrons. The Morgan fingerprint density at radius 1 is 1.42 bits per heavy atom. The molecule has 0 saturated carbocycles. The van der Waals surface area contributed by atoms with Gasteiger partial charge in [-0.3, -0.25) is 4.79 Å². The van der Waals surface area contributed by atoms with Crippen molar-refractivity contribution in [2.24, 2.45) is 5.73 Å². The third-order valence-electron chi connectivity index (χ3n) is 2.73. The highest BCUT2D eigenvalue weighted by Gasteiger charge is 2.29. The lowest BCUT2D eigenvalue weighted by Crippen LogP contribution is -2.20. The van der Waals surface area contributed by atoms with Gasteiger partial charge in [0, 0.05) is 22.9 Å². The first-order valence-electron chi connectivity index (χ1n) is 6.73. The summed E-state index contributed by atoms with van der Waals surface area (Å²) in [6.45, 7) is -1.09. The maximum atomic E-state index is 12.3. The van der Waals surface area contributed by atoms with Crippen LogP contribution in [0.4, 0.5) is 18.9 Å². The number of nitrogens with one attached hydrogen (secondary N) is 1. The molecule has 1 amide bonds. The Bertz CT molecular complexity index is 722. The molecule has 0 unspecified atom stereocenters. The fraction of sp³-hybridized carbons (Fsp3) is 0.286. The number of rotatable bonds is 6. The van der Waals surface area contributed by atoms with E-state index in [1.165, 1.54) is 29.5 Å². The van der Waals surface area contributed by atoms with Crippen molar-refractivity contribution in [3.8, 4) is 5.75 Å². The monoisotopic (exact) mass is 379 g/mol. The van der Waals surface area contributed by atoms with Gasteiger partial charge in [-0.25, -0.2) is 4.98 Å². The van der Waals surface area contributed by atoms with Gasteiger partial charge in [0.1, 0.15) is 11.4 Å². The first-order valence-corrected chi connectivity index (χ1v) is 7.99. The molecule has 5 nitrogen and oxygen atoms in total. The van der Waals surface area contributed by atoms with Crippen molar-refractivity contribution in [3.63, 3.8) is 0 Å². The second-order valence-electron chi connectivity index (χ2n) is 4.66. The third-order valence-corrected chi connectivity index (χ3v) is 3.87. The van der Waals surface area contributed by atoms with Crippen molar-refractivity contribution in [1.29, 1.82) is 0 Å². The molecule has 2 aromatic rings. The highest BCUT2D eigenvalue weighted by Crippen LogP contribution is 2.30. The minimum atomic E-state index is -4.50. The van der Waals surface area contributed by atoms with E-state index in [9.17, 15) is 18.0 Å². The van der Waals surface area contributed by atoms with Crippen molar-refractivity contribution in [3.05, 3.63) is 39.3 Å². The van der Waals surface area contributed by atoms with E-state index in [-0.39, 0.29) is 22.2 Å². The van der Waals surface area contributed by atoms with Crippen molar-refractivity contribution in [2.75, 3.05) is 18.5 Å². The average Bonchev–Trinajstić information content (AvgIpc) is 2.96. The van der Waals surface area contributed by atoms with Crippen LogP contribution in [0.15, 0.2) is 23.6 Å². The quantitative estimate of drug-likeness (QED) is 0.805. The van der Waals surface area contributed by atoms with Gasteiger partial charge in [-0.15, -0.1) is 11.3 Å². The number of nitrogens with two attached hydrogens (primary N) is 1. The Labute approximate surface area is 144 Å². The maximum Gasteiger partial charge on any atom is 0.422 e. The van der Waals surface area contributed by atoms with E-state index in [1.807, 2.05) is 0 Å². The molecule has 1 heterocycles. The van der Waals surface area contributed by atoms with Gasteiger partial charge in [0.2, 0.25) is 0 Å². The zero-order valence-electron chi connectivity index (χ0n) is 12.2. The van der Waals surface area contributed by atoms with E-state index >= 15 is 0 Å². The number of carbonyl (C=O) groups excluding carboxylic acids is 1. The number of carbonyl (C=O) groups is 1. The summed E-state index contributed by atoms with van der Waals surface area (Å²) < 4.78 is 41.6. The summed E-state index contributed by atoms with van der Waals surface area (Å²) in [6, 6.07) is 3.99. The lowest BCUT2D eigenvalue weighted by Gasteiger charge is -2.14. The predicted molar refractivity (Wildman–Crippen MR) is 85.8 cm³/mol. The van der Waals surface area contributed by atoms with E-state index < -0.39 is 18.7 Å². The number of ether oxygens (including phenoxy) is 1. The Morgan fingerprint density at radius 3 is 2.83 bits per heavy atom. The van der Waals surface area contributed by atoms with Gasteiger partial charge >= 0.3 is 6.18 Å². The fourth-order valence-corrected chi connectivity index (χ4v) is 2.67. The molecular weight excluding hydrogens is 367 g/mol. The molecule has 0 aliphatic rings. The van der Waals surface area contributed by atoms with Crippen LogP contribution >= 0.6 is 22.9 Å². The lowest BCUT2D eigenvalue weighted by atomic mass is 10.2. The van der Waals surface area contributed by atoms with Gasteiger partial charge in [-0.05, 0) is 18.7 Å². The molecule has 0 fully saturated rings. The van der Waals surface area contributed by atoms with Crippen LogP contribution in [-0.4, -0.2) is 30.2 Å². The van der Waals surface area contributed by atoms with Crippen LogP contribution in [0.3, 0.4) is 0 Å². The molecule has 0 atom stereocenters. The van der Waals surface area contributed by atoms with E-state index in [0.29, 0.717) is 18.0 Å². The van der Waals surface area contributed by atoms with Crippen molar-refractivity contribution in [1.82, 2.24) is 4.98 Å². The summed E-state index contributed by atoms with van der Waals surface area (Å²) in [5.74, 6) is -0.737. The maximum absolute atomic E-state index is 12.3. The predicted octanol–water partition coefficient (Wildman–Crippen LogP) is 3.49. The van der Waals surface area contributed by atoms with Gasteiger partial charge < -0.3 is 15.8 Å². The topological polar surface area (TPSA) is 77.2 Å². The van der Waals surface area contributed by atoms with Crippen LogP contribution in [0.2, 0.25) is 5.02 Å². The highest BCUT2D eigenvalue weighted by molar-refractivity contribution is 7.09. The number of halogens is 4. The summed E-state index contributed by atoms with van der Waals surface area (Å²) in [4.78, 5) is 16.3. The Balaban J connectivity index is 2.14. The smallest absolute Gasteiger partial charge is 0.422 e. The van der Waals surface area contributed by atoms with Crippen LogP contribution in [0.5, 0.6) is 5.75 Å². The second kappa shape index (κ2) is 7.82. The minimum absolute atomic E-state index is 0.0713. The van der Waals surface area contributed by atoms with Crippen LogP contribution < -0.4 is 15.8 Å². The fourth-order valence-electron chi connectivity index (χ4n) is 1.72. The molecular formula is C14H13ClF3N3O2S. The molecule has 1 aromatic heterocycles. The number of hydrogen-bond donors (Lipinski definition) is 2. The van der Waals surface area contributed by atoms with Crippen molar-refractivity contribution < 1.29 is 22.7 Å². The summed E-state index contributed by atoms with van der Waals surface area (Å²) in [6.07, 6.45) is -3.96. The first kappa shape index (κ1) is 18.5. The molecule has 0 bridgehead atoms. The SMILES string of the molecule is NCCc1nc(C(=O)Nc2ccc(Cl)cc2OCC(F)(F)F)cs1. The molecule has 0 radical (unpaired) electrons. The number of hydrogen-bond acceptors (Lipinski definition) is 5. The average molecular weight is 380 g/mol. The zero-order valence-corrected chi connectivity index (χ0v) is 13.8. The number of alkyl halides is 3. The zero-order chi connectivity index (χ0) is 17.7. The van der Waals surface area contributed by atoms with Crippen molar-refractivity contribution >= 4 is 34.5 Å². The van der Waals surface area contributed by atoms with Crippen LogP contribution in [0.25, 0.3) is 0 Å². The van der Waals surface area contributed by atoms with E-state index in [1.54, 1.807) is 5.38 Å². The molecule has 0 aliphatic heterocycles. The molecule has 24 heavy (non-hydrogen) atoms. The normalized spacial score (nSPS) is 11.4. The number of anilines is 1. The second-order valence-corrected chi connectivity index (χ2v) is 6.04. The van der Waals surface area contributed by atoms with Gasteiger partial charge in [0.05, 0.1) is 10.7 Å². The summed E-state index contributed by atoms with van der Waals surface area (Å²) in [7, 11) is 0. The van der Waals surface area contributed by atoms with Gasteiger partial charge in [-0.1, -0.05) is 11.6 Å². The summed E-state index contributed by atoms with van der Waals surface area (Å²) in [5.41, 5.74) is 5.64. The standard InChI is InChI=1S/C14H13ClF3N3O2S/c15-8-1-2-9(11(5-8)23-7-14(16,17)18)21-13(22)10-6-24-12(20-10)3-4-19/h1-2,5-6H,3-4,7,19H2,(H,21,22). The van der Waals surface area contributed by atoms with E-state index in [4.69, 9.17) is 22.1 Å². The Kier molecular flexibility index (Phi) is 6.03. The molecule has 10 heteroatoms. The van der Waals surface area contributed by atoms with Crippen LogP contribution in [0.1, 0.15) is 15.5 Å². The number of benzene rings is 1. The number of amides is 1. The number of thiazole rings is 1. The number of aromatic nitrogens is 1. The molecule has 3 N–H and O–H groups in total. The van der Waals surface area contributed by atoms with Gasteiger partial charge in [0.25, 0.3) is 5.91 Å². The highest BCUT2D eigenvalue weighted by atomic mass is 35.5. The molecule has 0 saturated heterocycles. The molecule has 0 aliphatic carbocycles. The Hall–Kier alpha value is -1.84. The van der Waals surface area contributed by atoms with E-state index in [2.05, 4.69) is 10.3 Å². The molecule has 0 spiro atoms. The van der Waals surface area contributed by atoms with Gasteiger partial charge in [-0.2, -0.15) is 13.2 Å².